The Labute approximate surface area is 232 Å². The predicted octanol–water partition coefficient (Wildman–Crippen LogP) is 2.16. The number of nitrogens with zero attached hydrogens (tertiary/aromatic N) is 5. The minimum atomic E-state index is -3.83. The fourth-order valence-electron chi connectivity index (χ4n) is 6.23. The highest BCUT2D eigenvalue weighted by Crippen LogP contribution is 2.44. The van der Waals surface area contributed by atoms with Gasteiger partial charge in [-0.3, -0.25) is 13.9 Å². The number of aliphatic hydroxyl groups excluding tert-OH is 1. The number of aliphatic hydroxyl groups is 1. The highest BCUT2D eigenvalue weighted by molar-refractivity contribution is 7.89. The van der Waals surface area contributed by atoms with Gasteiger partial charge in [-0.25, -0.2) is 17.8 Å². The summed E-state index contributed by atoms with van der Waals surface area (Å²) in [5, 5.41) is 17.3. The number of piperazine rings is 1. The second-order valence-corrected chi connectivity index (χ2v) is 13.1. The van der Waals surface area contributed by atoms with Crippen LogP contribution in [0.2, 0.25) is 0 Å². The number of ether oxygens (including phenoxy) is 1. The molecule has 4 heterocycles. The molecule has 0 aromatic heterocycles. The highest BCUT2D eigenvalue weighted by atomic mass is 32.2. The molecule has 3 atom stereocenters. The first-order valence-electron chi connectivity index (χ1n) is 14.0. The van der Waals surface area contributed by atoms with Crippen LogP contribution in [0.5, 0.6) is 5.75 Å². The Morgan fingerprint density at radius 1 is 1.18 bits per heavy atom. The molecule has 13 heteroatoms. The van der Waals surface area contributed by atoms with Gasteiger partial charge in [0.15, 0.2) is 5.84 Å². The Kier molecular flexibility index (Phi) is 6.67. The van der Waals surface area contributed by atoms with Crippen molar-refractivity contribution in [3.63, 3.8) is 0 Å². The van der Waals surface area contributed by atoms with Crippen molar-refractivity contribution < 1.29 is 32.2 Å². The first-order chi connectivity index (χ1) is 19.1. The molecular weight excluding hydrogens is 541 g/mol. The zero-order valence-electron chi connectivity index (χ0n) is 22.6. The van der Waals surface area contributed by atoms with E-state index >= 15 is 0 Å². The summed E-state index contributed by atoms with van der Waals surface area (Å²) in [4.78, 5) is 30.7. The van der Waals surface area contributed by atoms with E-state index in [4.69, 9.17) is 4.74 Å². The van der Waals surface area contributed by atoms with Crippen LogP contribution in [0.25, 0.3) is 0 Å². The number of rotatable bonds is 2. The van der Waals surface area contributed by atoms with E-state index in [1.807, 2.05) is 13.8 Å². The largest absolute Gasteiger partial charge is 0.509 e. The van der Waals surface area contributed by atoms with E-state index in [0.717, 1.165) is 5.01 Å². The lowest BCUT2D eigenvalue weighted by Crippen LogP contribution is -2.63. The van der Waals surface area contributed by atoms with E-state index < -0.39 is 39.6 Å². The monoisotopic (exact) mass is 575 g/mol. The molecule has 0 radical (unpaired) electrons. The van der Waals surface area contributed by atoms with E-state index in [0.29, 0.717) is 50.8 Å². The van der Waals surface area contributed by atoms with E-state index in [1.54, 1.807) is 9.80 Å². The van der Waals surface area contributed by atoms with Gasteiger partial charge in [0.25, 0.3) is 11.8 Å². The number of hydrazone groups is 1. The van der Waals surface area contributed by atoms with Crippen molar-refractivity contribution in [3.05, 3.63) is 41.0 Å². The quantitative estimate of drug-likeness (QED) is 0.573. The average molecular weight is 576 g/mol. The number of carbonyl (C=O) groups is 2. The number of amides is 2. The third-order valence-electron chi connectivity index (χ3n) is 8.31. The summed E-state index contributed by atoms with van der Waals surface area (Å²) in [6.45, 7) is 4.69. The molecule has 5 aliphatic rings. The molecule has 6 rings (SSSR count). The highest BCUT2D eigenvalue weighted by Gasteiger charge is 2.59. The van der Waals surface area contributed by atoms with Crippen molar-refractivity contribution >= 4 is 27.7 Å². The Bertz CT molecular complexity index is 1410. The van der Waals surface area contributed by atoms with Gasteiger partial charge in [0.1, 0.15) is 35.0 Å². The van der Waals surface area contributed by atoms with Crippen LogP contribution in [0.3, 0.4) is 0 Å². The molecule has 1 saturated heterocycles. The van der Waals surface area contributed by atoms with Crippen LogP contribution in [0.4, 0.5) is 4.39 Å². The molecule has 2 fully saturated rings. The molecule has 216 valence electrons. The van der Waals surface area contributed by atoms with Gasteiger partial charge in [-0.15, -0.1) is 0 Å². The summed E-state index contributed by atoms with van der Waals surface area (Å²) in [5.74, 6) is -2.71. The van der Waals surface area contributed by atoms with Gasteiger partial charge in [0.05, 0.1) is 18.9 Å². The van der Waals surface area contributed by atoms with Crippen molar-refractivity contribution in [1.82, 2.24) is 19.1 Å². The van der Waals surface area contributed by atoms with Crippen LogP contribution in [0.15, 0.2) is 34.8 Å². The number of hydrogen-bond acceptors (Lipinski definition) is 8. The molecule has 1 aromatic rings. The molecule has 40 heavy (non-hydrogen) atoms. The molecule has 11 nitrogen and oxygen atoms in total. The smallest absolute Gasteiger partial charge is 0.273 e. The van der Waals surface area contributed by atoms with Crippen molar-refractivity contribution in [3.8, 4) is 5.75 Å². The number of fused-ring (bicyclic) bond motifs is 6. The molecule has 2 amide bonds. The van der Waals surface area contributed by atoms with E-state index in [2.05, 4.69) is 5.10 Å². The summed E-state index contributed by atoms with van der Waals surface area (Å²) in [7, 11) is -3.83. The summed E-state index contributed by atoms with van der Waals surface area (Å²) < 4.78 is 49.0. The van der Waals surface area contributed by atoms with Gasteiger partial charge >= 0.3 is 0 Å². The number of benzene rings is 1. The first-order valence-corrected chi connectivity index (χ1v) is 15.6. The Morgan fingerprint density at radius 3 is 2.67 bits per heavy atom. The number of carbonyl (C=O) groups excluding carboxylic acids is 2. The molecule has 0 spiro atoms. The number of amidine groups is 1. The molecule has 1 saturated carbocycles. The second kappa shape index (κ2) is 9.93. The summed E-state index contributed by atoms with van der Waals surface area (Å²) in [5.41, 5.74) is 0.522. The fourth-order valence-corrected chi connectivity index (χ4v) is 8.09. The van der Waals surface area contributed by atoms with Crippen molar-refractivity contribution in [2.75, 3.05) is 25.4 Å². The minimum absolute atomic E-state index is 0.0235. The van der Waals surface area contributed by atoms with Gasteiger partial charge in [0, 0.05) is 36.8 Å². The lowest BCUT2D eigenvalue weighted by Gasteiger charge is -2.46. The van der Waals surface area contributed by atoms with Crippen LogP contribution < -0.4 is 4.74 Å². The fraction of sp³-hybridized carbons (Fsp3) is 0.593. The first kappa shape index (κ1) is 26.9. The zero-order valence-corrected chi connectivity index (χ0v) is 23.4. The van der Waals surface area contributed by atoms with E-state index in [9.17, 15) is 27.5 Å². The standard InChI is InChI=1S/C27H34FN5O6S/c1-3-30-14-16(2)32-22-21(24(34)23(32)27(30)36)26(35)31-15-17-7-8-18(28)13-20(17)39-11-5-4-6-12-40(37,38)33(19-9-10-19)25(22)29-31/h7-8,13,16,19,21-22,34H,3-6,9-12,14-15H2,1-2H3/t16-,21?,22?/m0/s1. The number of hydrogen-bond donors (Lipinski definition) is 1. The summed E-state index contributed by atoms with van der Waals surface area (Å²) in [6, 6.07) is 2.51. The molecule has 1 aromatic carbocycles. The molecule has 2 bridgehead atoms. The van der Waals surface area contributed by atoms with Crippen molar-refractivity contribution in [1.29, 1.82) is 0 Å². The number of halogens is 1. The number of sulfonamides is 1. The molecule has 1 N–H and O–H groups in total. The predicted molar refractivity (Wildman–Crippen MR) is 143 cm³/mol. The minimum Gasteiger partial charge on any atom is -0.509 e. The van der Waals surface area contributed by atoms with Gasteiger partial charge in [0.2, 0.25) is 10.0 Å². The Balaban J connectivity index is 1.52. The van der Waals surface area contributed by atoms with E-state index in [-0.39, 0.29) is 54.0 Å². The maximum atomic E-state index is 14.1. The SMILES string of the molecule is CCN1C[C@H](C)N2C(=C(O)C3C(=O)N4Cc5ccc(F)cc5OCCCCCS(=O)(=O)N(C5CC5)C(=N4)C32)C1=O. The van der Waals surface area contributed by atoms with Crippen LogP contribution in [0.1, 0.15) is 51.5 Å². The summed E-state index contributed by atoms with van der Waals surface area (Å²) >= 11 is 0. The van der Waals surface area contributed by atoms with Crippen molar-refractivity contribution in [2.24, 2.45) is 11.0 Å². The van der Waals surface area contributed by atoms with Crippen LogP contribution >= 0.6 is 0 Å². The third-order valence-corrected chi connectivity index (χ3v) is 10.2. The third kappa shape index (κ3) is 4.38. The van der Waals surface area contributed by atoms with Gasteiger partial charge in [-0.1, -0.05) is 6.07 Å². The average Bonchev–Trinajstić information content (AvgIpc) is 3.68. The lowest BCUT2D eigenvalue weighted by atomic mass is 9.95. The van der Waals surface area contributed by atoms with Crippen LogP contribution in [-0.2, 0) is 26.2 Å². The van der Waals surface area contributed by atoms with Crippen molar-refractivity contribution in [2.45, 2.75) is 70.6 Å². The van der Waals surface area contributed by atoms with Gasteiger partial charge in [-0.05, 0) is 52.0 Å². The van der Waals surface area contributed by atoms with Gasteiger partial charge in [-0.2, -0.15) is 5.10 Å². The summed E-state index contributed by atoms with van der Waals surface area (Å²) in [6.07, 6.45) is 2.90. The molecule has 1 aliphatic carbocycles. The second-order valence-electron chi connectivity index (χ2n) is 11.1. The van der Waals surface area contributed by atoms with Gasteiger partial charge < -0.3 is 19.6 Å². The Morgan fingerprint density at radius 2 is 1.95 bits per heavy atom. The normalized spacial score (nSPS) is 28.9. The maximum absolute atomic E-state index is 14.1. The molecule has 4 aliphatic heterocycles. The Hall–Kier alpha value is -3.35. The number of likely N-dealkylation sites (N-methyl/N-ethyl adjacent to an activating group) is 1. The molecule has 2 unspecified atom stereocenters. The van der Waals surface area contributed by atoms with Crippen LogP contribution in [-0.4, -0.2) is 93.9 Å². The zero-order chi connectivity index (χ0) is 28.3. The lowest BCUT2D eigenvalue weighted by molar-refractivity contribution is -0.139. The van der Waals surface area contributed by atoms with Crippen LogP contribution in [0, 0.1) is 11.7 Å². The van der Waals surface area contributed by atoms with E-state index in [1.165, 1.54) is 22.5 Å². The molecular formula is C27H34FN5O6S. The topological polar surface area (TPSA) is 123 Å². The maximum Gasteiger partial charge on any atom is 0.273 e.